The number of rotatable bonds is 5. The molecular weight excluding hydrogens is 244 g/mol. The molecule has 0 unspecified atom stereocenters. The lowest BCUT2D eigenvalue weighted by atomic mass is 10.3. The van der Waals surface area contributed by atoms with Crippen LogP contribution in [0.15, 0.2) is 12.2 Å². The molecule has 84 valence electrons. The van der Waals surface area contributed by atoms with Crippen LogP contribution in [0.3, 0.4) is 0 Å². The first-order valence-corrected chi connectivity index (χ1v) is 4.66. The zero-order valence-electron chi connectivity index (χ0n) is 9.51. The summed E-state index contributed by atoms with van der Waals surface area (Å²) in [6.07, 6.45) is 4.31. The number of nitrogens with one attached hydrogen (secondary N) is 1. The molecule has 0 saturated carbocycles. The molecule has 0 rings (SSSR count). The van der Waals surface area contributed by atoms with Crippen LogP contribution in [0.25, 0.3) is 0 Å². The third kappa shape index (κ3) is 11.6. The second-order valence-electron chi connectivity index (χ2n) is 4.16. The quantitative estimate of drug-likeness (QED) is 0.340. The van der Waals surface area contributed by atoms with E-state index in [1.54, 1.807) is 12.2 Å². The van der Waals surface area contributed by atoms with Crippen LogP contribution in [-0.2, 0) is 4.79 Å². The van der Waals surface area contributed by atoms with Gasteiger partial charge in [0, 0.05) is 13.0 Å². The fraction of sp³-hybridized carbons (Fsp3) is 0.700. The zero-order chi connectivity index (χ0) is 10.3. The maximum atomic E-state index is 11.0. The fourth-order valence-electron chi connectivity index (χ4n) is 0.975. The van der Waals surface area contributed by atoms with Gasteiger partial charge in [0.2, 0.25) is 5.91 Å². The molecule has 0 aromatic rings. The molecule has 3 nitrogen and oxygen atoms in total. The van der Waals surface area contributed by atoms with E-state index in [9.17, 15) is 4.79 Å². The highest BCUT2D eigenvalue weighted by Gasteiger charge is 2.05. The Labute approximate surface area is 97.5 Å². The van der Waals surface area contributed by atoms with E-state index in [2.05, 4.69) is 26.5 Å². The summed E-state index contributed by atoms with van der Waals surface area (Å²) >= 11 is 0. The minimum Gasteiger partial charge on any atom is -1.00 e. The van der Waals surface area contributed by atoms with Crippen molar-refractivity contribution in [1.82, 2.24) is 5.32 Å². The Balaban J connectivity index is 0. The molecule has 0 aromatic heterocycles. The van der Waals surface area contributed by atoms with Gasteiger partial charge < -0.3 is 26.8 Å². The Morgan fingerprint density at radius 1 is 1.36 bits per heavy atom. The van der Waals surface area contributed by atoms with Gasteiger partial charge >= 0.3 is 0 Å². The van der Waals surface area contributed by atoms with Gasteiger partial charge in [0.25, 0.3) is 0 Å². The van der Waals surface area contributed by atoms with Crippen molar-refractivity contribution in [2.24, 2.45) is 0 Å². The van der Waals surface area contributed by atoms with Crippen molar-refractivity contribution in [2.75, 3.05) is 34.2 Å². The van der Waals surface area contributed by atoms with Crippen molar-refractivity contribution in [3.8, 4) is 0 Å². The highest BCUT2D eigenvalue weighted by Crippen LogP contribution is 1.91. The van der Waals surface area contributed by atoms with Crippen LogP contribution in [0, 0.1) is 0 Å². The molecular formula is C10H21BrN2O. The molecule has 14 heavy (non-hydrogen) atoms. The number of carbonyl (C=O) groups excluding carboxylic acids is 1. The number of carbonyl (C=O) groups is 1. The average Bonchev–Trinajstić information content (AvgIpc) is 1.97. The molecule has 0 saturated heterocycles. The Morgan fingerprint density at radius 3 is 2.36 bits per heavy atom. The summed E-state index contributed by atoms with van der Waals surface area (Å²) in [5.41, 5.74) is 0. The first-order chi connectivity index (χ1) is 5.95. The van der Waals surface area contributed by atoms with Crippen molar-refractivity contribution in [2.45, 2.75) is 13.3 Å². The molecule has 0 aliphatic carbocycles. The van der Waals surface area contributed by atoms with E-state index in [0.717, 1.165) is 24.0 Å². The molecule has 4 heteroatoms. The molecule has 0 aliphatic rings. The highest BCUT2D eigenvalue weighted by molar-refractivity contribution is 5.87. The molecule has 1 amide bonds. The fourth-order valence-corrected chi connectivity index (χ4v) is 0.975. The van der Waals surface area contributed by atoms with Crippen LogP contribution in [0.4, 0.5) is 0 Å². The second-order valence-corrected chi connectivity index (χ2v) is 4.16. The SMILES string of the molecule is CC=CC(=O)NCCC[N+](C)(C)C.[Br-]. The molecule has 0 radical (unpaired) electrons. The Kier molecular flexibility index (Phi) is 9.20. The lowest BCUT2D eigenvalue weighted by Crippen LogP contribution is -3.00. The van der Waals surface area contributed by atoms with Crippen LogP contribution in [0.2, 0.25) is 0 Å². The van der Waals surface area contributed by atoms with E-state index < -0.39 is 0 Å². The number of allylic oxidation sites excluding steroid dienone is 1. The third-order valence-electron chi connectivity index (χ3n) is 1.62. The maximum Gasteiger partial charge on any atom is 0.243 e. The van der Waals surface area contributed by atoms with Gasteiger partial charge in [0.1, 0.15) is 0 Å². The summed E-state index contributed by atoms with van der Waals surface area (Å²) in [5, 5.41) is 2.82. The Hall–Kier alpha value is -0.350. The van der Waals surface area contributed by atoms with Gasteiger partial charge in [-0.1, -0.05) is 6.08 Å². The summed E-state index contributed by atoms with van der Waals surface area (Å²) in [7, 11) is 6.44. The first-order valence-electron chi connectivity index (χ1n) is 4.66. The number of nitrogens with zero attached hydrogens (tertiary/aromatic N) is 1. The monoisotopic (exact) mass is 264 g/mol. The van der Waals surface area contributed by atoms with E-state index in [1.807, 2.05) is 6.92 Å². The van der Waals surface area contributed by atoms with Crippen molar-refractivity contribution >= 4 is 5.91 Å². The number of amides is 1. The van der Waals surface area contributed by atoms with Crippen molar-refractivity contribution in [3.63, 3.8) is 0 Å². The van der Waals surface area contributed by atoms with Gasteiger partial charge in [-0.25, -0.2) is 0 Å². The molecule has 0 heterocycles. The summed E-state index contributed by atoms with van der Waals surface area (Å²) in [6.45, 7) is 3.68. The van der Waals surface area contributed by atoms with Crippen molar-refractivity contribution < 1.29 is 26.3 Å². The van der Waals surface area contributed by atoms with Crippen LogP contribution < -0.4 is 22.3 Å². The predicted molar refractivity (Wildman–Crippen MR) is 55.3 cm³/mol. The molecule has 1 N–H and O–H groups in total. The molecule has 0 aliphatic heterocycles. The third-order valence-corrected chi connectivity index (χ3v) is 1.62. The number of quaternary nitrogens is 1. The zero-order valence-corrected chi connectivity index (χ0v) is 11.1. The average molecular weight is 265 g/mol. The van der Waals surface area contributed by atoms with E-state index in [4.69, 9.17) is 0 Å². The largest absolute Gasteiger partial charge is 1.00 e. The van der Waals surface area contributed by atoms with E-state index in [0.29, 0.717) is 0 Å². The van der Waals surface area contributed by atoms with E-state index in [-0.39, 0.29) is 22.9 Å². The maximum absolute atomic E-state index is 11.0. The second kappa shape index (κ2) is 8.00. The molecule has 0 aromatic carbocycles. The minimum absolute atomic E-state index is 0. The topological polar surface area (TPSA) is 29.1 Å². The minimum atomic E-state index is 0. The summed E-state index contributed by atoms with van der Waals surface area (Å²) in [6, 6.07) is 0. The number of halogens is 1. The first kappa shape index (κ1) is 16.1. The van der Waals surface area contributed by atoms with E-state index in [1.165, 1.54) is 0 Å². The molecule has 0 spiro atoms. The van der Waals surface area contributed by atoms with Crippen LogP contribution in [0.1, 0.15) is 13.3 Å². The lowest BCUT2D eigenvalue weighted by molar-refractivity contribution is -0.870. The Bertz CT molecular complexity index is 185. The van der Waals surface area contributed by atoms with Crippen LogP contribution in [0.5, 0.6) is 0 Å². The van der Waals surface area contributed by atoms with Gasteiger partial charge in [0.15, 0.2) is 0 Å². The van der Waals surface area contributed by atoms with Gasteiger partial charge in [0.05, 0.1) is 27.7 Å². The summed E-state index contributed by atoms with van der Waals surface area (Å²) in [5.74, 6) is 0.00362. The number of hydrogen-bond donors (Lipinski definition) is 1. The standard InChI is InChI=1S/C10H20N2O.BrH/c1-5-7-10(13)11-8-6-9-12(2,3)4;/h5,7H,6,8-9H2,1-4H3;1H. The molecule has 0 fully saturated rings. The van der Waals surface area contributed by atoms with Crippen LogP contribution >= 0.6 is 0 Å². The highest BCUT2D eigenvalue weighted by atomic mass is 79.9. The van der Waals surface area contributed by atoms with Gasteiger partial charge in [-0.2, -0.15) is 0 Å². The van der Waals surface area contributed by atoms with Gasteiger partial charge in [-0.3, -0.25) is 4.79 Å². The predicted octanol–water partition coefficient (Wildman–Crippen LogP) is -2.22. The van der Waals surface area contributed by atoms with Gasteiger partial charge in [-0.05, 0) is 13.0 Å². The van der Waals surface area contributed by atoms with Gasteiger partial charge in [-0.15, -0.1) is 0 Å². The van der Waals surface area contributed by atoms with Crippen molar-refractivity contribution in [1.29, 1.82) is 0 Å². The summed E-state index contributed by atoms with van der Waals surface area (Å²) in [4.78, 5) is 11.0. The Morgan fingerprint density at radius 2 is 1.93 bits per heavy atom. The van der Waals surface area contributed by atoms with Crippen molar-refractivity contribution in [3.05, 3.63) is 12.2 Å². The smallest absolute Gasteiger partial charge is 0.243 e. The summed E-state index contributed by atoms with van der Waals surface area (Å²) < 4.78 is 0.944. The molecule has 0 bridgehead atoms. The number of hydrogen-bond acceptors (Lipinski definition) is 1. The van der Waals surface area contributed by atoms with Crippen LogP contribution in [-0.4, -0.2) is 44.6 Å². The molecule has 0 atom stereocenters. The lowest BCUT2D eigenvalue weighted by Gasteiger charge is -2.23. The van der Waals surface area contributed by atoms with E-state index >= 15 is 0 Å². The normalized spacial score (nSPS) is 11.1.